The highest BCUT2D eigenvalue weighted by atomic mass is 31.2. The lowest BCUT2D eigenvalue weighted by Crippen LogP contribution is -2.35. The van der Waals surface area contributed by atoms with Crippen LogP contribution in [0.1, 0.15) is 66.7 Å². The van der Waals surface area contributed by atoms with Crippen LogP contribution in [0.4, 0.5) is 0 Å². The number of hydrogen-bond acceptors (Lipinski definition) is 4. The van der Waals surface area contributed by atoms with Gasteiger partial charge in [0, 0.05) is 12.1 Å². The van der Waals surface area contributed by atoms with Crippen molar-refractivity contribution < 1.29 is 9.05 Å². The van der Waals surface area contributed by atoms with Crippen molar-refractivity contribution in [3.8, 4) is 6.07 Å². The van der Waals surface area contributed by atoms with Crippen molar-refractivity contribution in [3.05, 3.63) is 0 Å². The van der Waals surface area contributed by atoms with Crippen molar-refractivity contribution in [2.45, 2.75) is 84.9 Å². The van der Waals surface area contributed by atoms with E-state index >= 15 is 0 Å². The second kappa shape index (κ2) is 9.74. The molecule has 1 atom stereocenters. The van der Waals surface area contributed by atoms with E-state index in [1.165, 1.54) is 12.8 Å². The van der Waals surface area contributed by atoms with Gasteiger partial charge in [0.05, 0.1) is 25.2 Å². The Morgan fingerprint density at radius 3 is 2.19 bits per heavy atom. The Kier molecular flexibility index (Phi) is 8.74. The molecule has 0 aromatic heterocycles. The Labute approximate surface area is 131 Å². The lowest BCUT2D eigenvalue weighted by Gasteiger charge is -2.38. The van der Waals surface area contributed by atoms with Gasteiger partial charge in [-0.15, -0.1) is 0 Å². The summed E-state index contributed by atoms with van der Waals surface area (Å²) >= 11 is 0. The van der Waals surface area contributed by atoms with Crippen molar-refractivity contribution >= 4 is 8.53 Å². The molecular formula is C16H31N2O2P. The standard InChI is InChI=1S/C16H31N2O2P/c1-13(2)18(14(3)4)21(19-12-6-11-17)20-16-9-7-15(5)8-10-16/h13-16H,6-10,12H2,1-5H3/t15-,16+,21?. The molecule has 0 N–H and O–H groups in total. The van der Waals surface area contributed by atoms with Gasteiger partial charge in [0.2, 0.25) is 0 Å². The molecule has 1 fully saturated rings. The van der Waals surface area contributed by atoms with Gasteiger partial charge in [-0.3, -0.25) is 0 Å². The summed E-state index contributed by atoms with van der Waals surface area (Å²) in [7, 11) is -1.07. The molecule has 0 amide bonds. The van der Waals surface area contributed by atoms with Crippen molar-refractivity contribution in [3.63, 3.8) is 0 Å². The molecule has 4 nitrogen and oxygen atoms in total. The predicted octanol–water partition coefficient (Wildman–Crippen LogP) is 4.86. The quantitative estimate of drug-likeness (QED) is 0.474. The fourth-order valence-electron chi connectivity index (χ4n) is 2.76. The lowest BCUT2D eigenvalue weighted by atomic mass is 9.89. The van der Waals surface area contributed by atoms with Crippen LogP contribution in [-0.4, -0.2) is 29.5 Å². The van der Waals surface area contributed by atoms with Gasteiger partial charge in [0.15, 0.2) is 0 Å². The zero-order chi connectivity index (χ0) is 15.8. The average molecular weight is 314 g/mol. The van der Waals surface area contributed by atoms with E-state index < -0.39 is 8.53 Å². The Balaban J connectivity index is 2.64. The molecule has 1 saturated carbocycles. The van der Waals surface area contributed by atoms with Crippen LogP contribution in [0.2, 0.25) is 0 Å². The molecule has 1 unspecified atom stereocenters. The maximum absolute atomic E-state index is 8.71. The van der Waals surface area contributed by atoms with Gasteiger partial charge in [-0.25, -0.2) is 4.67 Å². The highest BCUT2D eigenvalue weighted by molar-refractivity contribution is 7.44. The Bertz CT molecular complexity index is 315. The van der Waals surface area contributed by atoms with Crippen molar-refractivity contribution in [2.75, 3.05) is 6.61 Å². The Morgan fingerprint density at radius 1 is 1.14 bits per heavy atom. The number of rotatable bonds is 8. The topological polar surface area (TPSA) is 45.5 Å². The van der Waals surface area contributed by atoms with Crippen LogP contribution in [0, 0.1) is 17.2 Å². The fraction of sp³-hybridized carbons (Fsp3) is 0.938. The first-order valence-electron chi connectivity index (χ1n) is 8.20. The summed E-state index contributed by atoms with van der Waals surface area (Å²) in [5.74, 6) is 0.821. The molecule has 0 spiro atoms. The molecule has 1 rings (SSSR count). The number of hydrogen-bond donors (Lipinski definition) is 0. The van der Waals surface area contributed by atoms with Gasteiger partial charge in [0.1, 0.15) is 0 Å². The number of nitrogens with zero attached hydrogens (tertiary/aromatic N) is 2. The van der Waals surface area contributed by atoms with E-state index in [2.05, 4.69) is 45.4 Å². The van der Waals surface area contributed by atoms with Crippen molar-refractivity contribution in [1.82, 2.24) is 4.67 Å². The van der Waals surface area contributed by atoms with Crippen LogP contribution in [0.25, 0.3) is 0 Å². The minimum atomic E-state index is -1.07. The Morgan fingerprint density at radius 2 is 1.71 bits per heavy atom. The minimum Gasteiger partial charge on any atom is -0.321 e. The van der Waals surface area contributed by atoms with Crippen LogP contribution in [0.15, 0.2) is 0 Å². The van der Waals surface area contributed by atoms with Gasteiger partial charge in [0.25, 0.3) is 8.53 Å². The molecule has 0 bridgehead atoms. The van der Waals surface area contributed by atoms with Crippen LogP contribution < -0.4 is 0 Å². The van der Waals surface area contributed by atoms with E-state index in [4.69, 9.17) is 14.3 Å². The van der Waals surface area contributed by atoms with Gasteiger partial charge in [-0.2, -0.15) is 5.26 Å². The minimum absolute atomic E-state index is 0.314. The third-order valence-electron chi connectivity index (χ3n) is 3.86. The Hall–Kier alpha value is -0.200. The van der Waals surface area contributed by atoms with E-state index in [0.717, 1.165) is 18.8 Å². The van der Waals surface area contributed by atoms with Crippen molar-refractivity contribution in [1.29, 1.82) is 5.26 Å². The third-order valence-corrected chi connectivity index (χ3v) is 6.05. The van der Waals surface area contributed by atoms with Gasteiger partial charge < -0.3 is 9.05 Å². The largest absolute Gasteiger partial charge is 0.321 e. The molecule has 0 aromatic rings. The molecule has 0 aromatic carbocycles. The molecule has 1 aliphatic rings. The van der Waals surface area contributed by atoms with Crippen LogP contribution in [0.3, 0.4) is 0 Å². The highest BCUT2D eigenvalue weighted by Crippen LogP contribution is 2.48. The van der Waals surface area contributed by atoms with Gasteiger partial charge in [-0.05, 0) is 59.3 Å². The average Bonchev–Trinajstić information content (AvgIpc) is 2.40. The molecule has 0 radical (unpaired) electrons. The van der Waals surface area contributed by atoms with Crippen molar-refractivity contribution in [2.24, 2.45) is 5.92 Å². The predicted molar refractivity (Wildman–Crippen MR) is 87.7 cm³/mol. The molecule has 122 valence electrons. The zero-order valence-electron chi connectivity index (χ0n) is 14.2. The lowest BCUT2D eigenvalue weighted by molar-refractivity contribution is 0.0967. The second-order valence-electron chi connectivity index (χ2n) is 6.53. The van der Waals surface area contributed by atoms with E-state index in [1.54, 1.807) is 0 Å². The van der Waals surface area contributed by atoms with Crippen LogP contribution in [0.5, 0.6) is 0 Å². The molecule has 0 saturated heterocycles. The van der Waals surface area contributed by atoms with E-state index in [-0.39, 0.29) is 0 Å². The first-order chi connectivity index (χ1) is 9.95. The first kappa shape index (κ1) is 18.8. The summed E-state index contributed by atoms with van der Waals surface area (Å²) in [6.07, 6.45) is 5.49. The normalized spacial score (nSPS) is 24.5. The summed E-state index contributed by atoms with van der Waals surface area (Å²) in [6.45, 7) is 11.5. The second-order valence-corrected chi connectivity index (χ2v) is 7.94. The summed E-state index contributed by atoms with van der Waals surface area (Å²) < 4.78 is 14.6. The molecule has 0 heterocycles. The van der Waals surface area contributed by atoms with E-state index in [1.807, 2.05) is 0 Å². The van der Waals surface area contributed by atoms with E-state index in [0.29, 0.717) is 31.2 Å². The molecule has 1 aliphatic carbocycles. The summed E-state index contributed by atoms with van der Waals surface area (Å²) in [4.78, 5) is 0. The molecule has 5 heteroatoms. The molecular weight excluding hydrogens is 283 g/mol. The SMILES string of the molecule is CC(C)N(C(C)C)P(OCCC#N)O[C@H]1CC[C@@H](C)CC1. The maximum atomic E-state index is 8.71. The van der Waals surface area contributed by atoms with Crippen LogP contribution in [-0.2, 0) is 9.05 Å². The smallest absolute Gasteiger partial charge is 0.259 e. The fourth-order valence-corrected chi connectivity index (χ4v) is 4.53. The summed E-state index contributed by atoms with van der Waals surface area (Å²) in [5, 5.41) is 8.71. The monoisotopic (exact) mass is 314 g/mol. The van der Waals surface area contributed by atoms with Gasteiger partial charge in [-0.1, -0.05) is 6.92 Å². The first-order valence-corrected chi connectivity index (χ1v) is 9.33. The molecule has 21 heavy (non-hydrogen) atoms. The molecule has 0 aliphatic heterocycles. The van der Waals surface area contributed by atoms with Gasteiger partial charge >= 0.3 is 0 Å². The third kappa shape index (κ3) is 6.61. The summed E-state index contributed by atoms with van der Waals surface area (Å²) in [6, 6.07) is 2.89. The van der Waals surface area contributed by atoms with E-state index in [9.17, 15) is 0 Å². The number of nitriles is 1. The maximum Gasteiger partial charge on any atom is 0.259 e. The highest BCUT2D eigenvalue weighted by Gasteiger charge is 2.31. The van der Waals surface area contributed by atoms with Crippen LogP contribution >= 0.6 is 8.53 Å². The zero-order valence-corrected chi connectivity index (χ0v) is 15.1. The summed E-state index contributed by atoms with van der Waals surface area (Å²) in [5.41, 5.74) is 0.